The van der Waals surface area contributed by atoms with Gasteiger partial charge >= 0.3 is 0 Å². The van der Waals surface area contributed by atoms with Gasteiger partial charge in [0, 0.05) is 13.1 Å². The minimum absolute atomic E-state index is 0.102. The molecule has 4 heteroatoms. The zero-order chi connectivity index (χ0) is 13.5. The normalized spacial score (nSPS) is 13.1. The minimum atomic E-state index is -0.547. The fraction of sp³-hybridized carbons (Fsp3) is 0.571. The van der Waals surface area contributed by atoms with Crippen molar-refractivity contribution in [2.75, 3.05) is 26.7 Å². The summed E-state index contributed by atoms with van der Waals surface area (Å²) in [5, 5.41) is 18.8. The Morgan fingerprint density at radius 2 is 1.83 bits per heavy atom. The first-order valence-electron chi connectivity index (χ1n) is 6.27. The second kappa shape index (κ2) is 7.36. The molecular formula is C14H23NO3. The smallest absolute Gasteiger partial charge is 0.119 e. The highest BCUT2D eigenvalue weighted by Gasteiger charge is 2.10. The summed E-state index contributed by atoms with van der Waals surface area (Å²) in [7, 11) is 1.87. The van der Waals surface area contributed by atoms with Crippen LogP contribution >= 0.6 is 0 Å². The molecule has 0 aliphatic carbocycles. The maximum Gasteiger partial charge on any atom is 0.119 e. The monoisotopic (exact) mass is 253 g/mol. The summed E-state index contributed by atoms with van der Waals surface area (Å²) < 4.78 is 5.54. The lowest BCUT2D eigenvalue weighted by molar-refractivity contribution is 0.115. The van der Waals surface area contributed by atoms with Crippen LogP contribution in [0.5, 0.6) is 5.75 Å². The predicted octanol–water partition coefficient (Wildman–Crippen LogP) is 1.43. The Balaban J connectivity index is 2.55. The van der Waals surface area contributed by atoms with Gasteiger partial charge in [0.1, 0.15) is 5.75 Å². The Morgan fingerprint density at radius 1 is 1.22 bits per heavy atom. The first-order valence-corrected chi connectivity index (χ1v) is 6.27. The highest BCUT2D eigenvalue weighted by atomic mass is 16.5. The first kappa shape index (κ1) is 15.0. The minimum Gasteiger partial charge on any atom is -0.491 e. The Hall–Kier alpha value is -1.10. The molecule has 1 aromatic carbocycles. The fourth-order valence-electron chi connectivity index (χ4n) is 1.70. The molecule has 4 nitrogen and oxygen atoms in total. The van der Waals surface area contributed by atoms with Crippen LogP contribution in [-0.4, -0.2) is 48.0 Å². The third kappa shape index (κ3) is 5.04. The summed E-state index contributed by atoms with van der Waals surface area (Å²) >= 11 is 0. The molecule has 2 N–H and O–H groups in total. The van der Waals surface area contributed by atoms with Crippen molar-refractivity contribution < 1.29 is 14.9 Å². The van der Waals surface area contributed by atoms with E-state index in [-0.39, 0.29) is 12.7 Å². The van der Waals surface area contributed by atoms with Crippen LogP contribution in [0, 0.1) is 0 Å². The number of nitrogens with zero attached hydrogens (tertiary/aromatic N) is 1. The van der Waals surface area contributed by atoms with E-state index >= 15 is 0 Å². The van der Waals surface area contributed by atoms with Gasteiger partial charge in [-0.1, -0.05) is 12.1 Å². The van der Waals surface area contributed by atoms with Crippen molar-refractivity contribution >= 4 is 0 Å². The van der Waals surface area contributed by atoms with Crippen molar-refractivity contribution in [1.29, 1.82) is 0 Å². The molecule has 0 fully saturated rings. The molecule has 0 aliphatic rings. The molecule has 0 bridgehead atoms. The van der Waals surface area contributed by atoms with Gasteiger partial charge in [0.15, 0.2) is 0 Å². The van der Waals surface area contributed by atoms with E-state index in [0.29, 0.717) is 13.1 Å². The van der Waals surface area contributed by atoms with Crippen molar-refractivity contribution in [1.82, 2.24) is 4.90 Å². The molecule has 0 aromatic heterocycles. The summed E-state index contributed by atoms with van der Waals surface area (Å²) in [5.41, 5.74) is 0.857. The topological polar surface area (TPSA) is 52.9 Å². The largest absolute Gasteiger partial charge is 0.491 e. The highest BCUT2D eigenvalue weighted by molar-refractivity contribution is 5.28. The van der Waals surface area contributed by atoms with E-state index in [1.807, 2.05) is 50.1 Å². The average Bonchev–Trinajstić information content (AvgIpc) is 2.29. The molecule has 1 unspecified atom stereocenters. The number of aliphatic hydroxyl groups excluding tert-OH is 2. The zero-order valence-corrected chi connectivity index (χ0v) is 11.3. The summed E-state index contributed by atoms with van der Waals surface area (Å²) in [6, 6.07) is 7.47. The van der Waals surface area contributed by atoms with Crippen LogP contribution in [-0.2, 0) is 0 Å². The molecule has 1 aromatic rings. The number of likely N-dealkylation sites (N-methyl/N-ethyl adjacent to an activating group) is 1. The maximum absolute atomic E-state index is 10.0. The van der Waals surface area contributed by atoms with Crippen LogP contribution in [0.4, 0.5) is 0 Å². The van der Waals surface area contributed by atoms with Gasteiger partial charge in [-0.3, -0.25) is 0 Å². The Labute approximate surface area is 109 Å². The van der Waals surface area contributed by atoms with E-state index in [1.165, 1.54) is 0 Å². The summed E-state index contributed by atoms with van der Waals surface area (Å²) in [6.07, 6.45) is -0.397. The van der Waals surface area contributed by atoms with Crippen LogP contribution in [0.25, 0.3) is 0 Å². The van der Waals surface area contributed by atoms with Crippen molar-refractivity contribution in [2.45, 2.75) is 26.1 Å². The Morgan fingerprint density at radius 3 is 2.33 bits per heavy atom. The van der Waals surface area contributed by atoms with E-state index in [9.17, 15) is 5.11 Å². The lowest BCUT2D eigenvalue weighted by atomic mass is 10.1. The summed E-state index contributed by atoms with van der Waals surface area (Å²) in [5.74, 6) is 0.810. The van der Waals surface area contributed by atoms with Gasteiger partial charge in [0.2, 0.25) is 0 Å². The van der Waals surface area contributed by atoms with E-state index in [1.54, 1.807) is 0 Å². The SMILES string of the molecule is CC(C)Oc1ccc(C(O)CN(C)CCO)cc1. The number of hydrogen-bond donors (Lipinski definition) is 2. The van der Waals surface area contributed by atoms with Crippen molar-refractivity contribution in [2.24, 2.45) is 0 Å². The molecule has 0 spiro atoms. The number of rotatable bonds is 7. The fourth-order valence-corrected chi connectivity index (χ4v) is 1.70. The molecule has 0 saturated carbocycles. The number of benzene rings is 1. The van der Waals surface area contributed by atoms with E-state index in [2.05, 4.69) is 0 Å². The number of aliphatic hydroxyl groups is 2. The molecule has 1 atom stereocenters. The first-order chi connectivity index (χ1) is 8.52. The molecule has 1 rings (SSSR count). The molecule has 0 amide bonds. The van der Waals surface area contributed by atoms with Gasteiger partial charge in [-0.05, 0) is 38.6 Å². The molecule has 0 aliphatic heterocycles. The van der Waals surface area contributed by atoms with E-state index < -0.39 is 6.10 Å². The van der Waals surface area contributed by atoms with Gasteiger partial charge in [-0.2, -0.15) is 0 Å². The van der Waals surface area contributed by atoms with Gasteiger partial charge in [0.25, 0.3) is 0 Å². The van der Waals surface area contributed by atoms with Crippen LogP contribution < -0.4 is 4.74 Å². The average molecular weight is 253 g/mol. The quantitative estimate of drug-likeness (QED) is 0.772. The second-order valence-corrected chi connectivity index (χ2v) is 4.74. The number of hydrogen-bond acceptors (Lipinski definition) is 4. The third-order valence-corrected chi connectivity index (χ3v) is 2.60. The van der Waals surface area contributed by atoms with Crippen molar-refractivity contribution in [3.8, 4) is 5.75 Å². The summed E-state index contributed by atoms with van der Waals surface area (Å²) in [6.45, 7) is 5.13. The van der Waals surface area contributed by atoms with Gasteiger partial charge < -0.3 is 19.8 Å². The van der Waals surface area contributed by atoms with E-state index in [4.69, 9.17) is 9.84 Å². The Kier molecular flexibility index (Phi) is 6.12. The van der Waals surface area contributed by atoms with Crippen LogP contribution in [0.2, 0.25) is 0 Å². The predicted molar refractivity (Wildman–Crippen MR) is 71.7 cm³/mol. The van der Waals surface area contributed by atoms with Crippen LogP contribution in [0.3, 0.4) is 0 Å². The Bertz CT molecular complexity index is 337. The molecule has 0 radical (unpaired) electrons. The zero-order valence-electron chi connectivity index (χ0n) is 11.3. The second-order valence-electron chi connectivity index (χ2n) is 4.74. The highest BCUT2D eigenvalue weighted by Crippen LogP contribution is 2.19. The molecule has 102 valence electrons. The van der Waals surface area contributed by atoms with Gasteiger partial charge in [-0.25, -0.2) is 0 Å². The number of ether oxygens (including phenoxy) is 1. The molecular weight excluding hydrogens is 230 g/mol. The lowest BCUT2D eigenvalue weighted by Crippen LogP contribution is -2.27. The lowest BCUT2D eigenvalue weighted by Gasteiger charge is -2.20. The van der Waals surface area contributed by atoms with Gasteiger partial charge in [0.05, 0.1) is 18.8 Å². The maximum atomic E-state index is 10.0. The van der Waals surface area contributed by atoms with Crippen LogP contribution in [0.1, 0.15) is 25.5 Å². The third-order valence-electron chi connectivity index (χ3n) is 2.60. The summed E-state index contributed by atoms with van der Waals surface area (Å²) in [4.78, 5) is 1.89. The molecule has 0 heterocycles. The standard InChI is InChI=1S/C14H23NO3/c1-11(2)18-13-6-4-12(5-7-13)14(17)10-15(3)8-9-16/h4-7,11,14,16-17H,8-10H2,1-3H3. The van der Waals surface area contributed by atoms with Gasteiger partial charge in [-0.15, -0.1) is 0 Å². The molecule has 18 heavy (non-hydrogen) atoms. The van der Waals surface area contributed by atoms with Crippen molar-refractivity contribution in [3.05, 3.63) is 29.8 Å². The van der Waals surface area contributed by atoms with Crippen molar-refractivity contribution in [3.63, 3.8) is 0 Å². The molecule has 0 saturated heterocycles. The van der Waals surface area contributed by atoms with E-state index in [0.717, 1.165) is 11.3 Å². The van der Waals surface area contributed by atoms with Crippen LogP contribution in [0.15, 0.2) is 24.3 Å².